The first-order valence-electron chi connectivity index (χ1n) is 11.3. The van der Waals surface area contributed by atoms with Crippen LogP contribution in [0.15, 0.2) is 67.3 Å². The number of carbonyl (C=O) groups is 2. The lowest BCUT2D eigenvalue weighted by atomic mass is 10.1. The van der Waals surface area contributed by atoms with Crippen LogP contribution in [0.5, 0.6) is 11.6 Å². The van der Waals surface area contributed by atoms with Crippen molar-refractivity contribution >= 4 is 23.2 Å². The van der Waals surface area contributed by atoms with Crippen LogP contribution >= 0.6 is 0 Å². The largest absolute Gasteiger partial charge is 0.439 e. The zero-order valence-corrected chi connectivity index (χ0v) is 19.7. The van der Waals surface area contributed by atoms with Crippen molar-refractivity contribution in [1.29, 1.82) is 0 Å². The summed E-state index contributed by atoms with van der Waals surface area (Å²) in [6.07, 6.45) is 3.22. The molecule has 1 unspecified atom stereocenters. The van der Waals surface area contributed by atoms with Gasteiger partial charge in [0.15, 0.2) is 0 Å². The van der Waals surface area contributed by atoms with E-state index in [0.29, 0.717) is 28.8 Å². The number of hydrogen-bond acceptors (Lipinski definition) is 6. The molecule has 9 nitrogen and oxygen atoms in total. The van der Waals surface area contributed by atoms with Crippen LogP contribution in [0.1, 0.15) is 17.8 Å². The van der Waals surface area contributed by atoms with Gasteiger partial charge >= 0.3 is 0 Å². The molecule has 1 aliphatic rings. The standard InChI is InChI=1S/C26H23FN6O3/c1-16-17(2)33(15-30-16)23-12-24(29-14-28-23)36-22-9-5-20(6-10-22)31-26(35)18-11-25(34)32(13-18)21-7-3-19(27)4-8-21/h3-10,12,14-15,18H,11,13H2,1-2H3,(H,31,35). The fourth-order valence-corrected chi connectivity index (χ4v) is 3.97. The van der Waals surface area contributed by atoms with Crippen LogP contribution in [0.2, 0.25) is 0 Å². The molecule has 0 saturated carbocycles. The molecule has 1 N–H and O–H groups in total. The van der Waals surface area contributed by atoms with Crippen molar-refractivity contribution in [2.24, 2.45) is 5.92 Å². The van der Waals surface area contributed by atoms with Crippen LogP contribution < -0.4 is 15.0 Å². The van der Waals surface area contributed by atoms with Crippen LogP contribution in [0, 0.1) is 25.6 Å². The molecule has 5 rings (SSSR count). The number of aromatic nitrogens is 4. The number of ether oxygens (including phenoxy) is 1. The summed E-state index contributed by atoms with van der Waals surface area (Å²) < 4.78 is 20.9. The highest BCUT2D eigenvalue weighted by Gasteiger charge is 2.35. The summed E-state index contributed by atoms with van der Waals surface area (Å²) in [5, 5.41) is 2.85. The lowest BCUT2D eigenvalue weighted by Crippen LogP contribution is -2.28. The Morgan fingerprint density at radius 2 is 1.81 bits per heavy atom. The van der Waals surface area contributed by atoms with Crippen molar-refractivity contribution in [3.8, 4) is 17.4 Å². The first kappa shape index (κ1) is 23.2. The van der Waals surface area contributed by atoms with Gasteiger partial charge in [0.05, 0.1) is 11.6 Å². The lowest BCUT2D eigenvalue weighted by Gasteiger charge is -2.16. The van der Waals surface area contributed by atoms with Crippen molar-refractivity contribution in [3.63, 3.8) is 0 Å². The summed E-state index contributed by atoms with van der Waals surface area (Å²) in [6.45, 7) is 4.13. The number of halogens is 1. The van der Waals surface area contributed by atoms with E-state index in [1.54, 1.807) is 36.7 Å². The van der Waals surface area contributed by atoms with Crippen molar-refractivity contribution in [3.05, 3.63) is 84.5 Å². The van der Waals surface area contributed by atoms with Gasteiger partial charge in [-0.3, -0.25) is 14.2 Å². The lowest BCUT2D eigenvalue weighted by molar-refractivity contribution is -0.122. The molecule has 4 aromatic rings. The third-order valence-corrected chi connectivity index (χ3v) is 6.10. The topological polar surface area (TPSA) is 102 Å². The minimum absolute atomic E-state index is 0.0936. The minimum Gasteiger partial charge on any atom is -0.439 e. The summed E-state index contributed by atoms with van der Waals surface area (Å²) in [6, 6.07) is 14.2. The van der Waals surface area contributed by atoms with Crippen LogP contribution in [-0.4, -0.2) is 37.9 Å². The van der Waals surface area contributed by atoms with Crippen molar-refractivity contribution in [2.45, 2.75) is 20.3 Å². The summed E-state index contributed by atoms with van der Waals surface area (Å²) >= 11 is 0. The van der Waals surface area contributed by atoms with Gasteiger partial charge in [-0.2, -0.15) is 0 Å². The Kier molecular flexibility index (Phi) is 6.16. The maximum atomic E-state index is 13.2. The Morgan fingerprint density at radius 3 is 2.50 bits per heavy atom. The first-order chi connectivity index (χ1) is 17.4. The molecule has 0 radical (unpaired) electrons. The van der Waals surface area contributed by atoms with Crippen molar-refractivity contribution < 1.29 is 18.7 Å². The van der Waals surface area contributed by atoms with Gasteiger partial charge in [0.25, 0.3) is 0 Å². The fraction of sp³-hybridized carbons (Fsp3) is 0.192. The van der Waals surface area contributed by atoms with Crippen molar-refractivity contribution in [1.82, 2.24) is 19.5 Å². The molecular formula is C26H23FN6O3. The number of nitrogens with one attached hydrogen (secondary N) is 1. The number of amides is 2. The highest BCUT2D eigenvalue weighted by molar-refractivity contribution is 6.03. The van der Waals surface area contributed by atoms with E-state index in [1.807, 2.05) is 18.4 Å². The van der Waals surface area contributed by atoms with Gasteiger partial charge in [0.1, 0.15) is 30.0 Å². The molecule has 1 saturated heterocycles. The number of aryl methyl sites for hydroxylation is 1. The number of benzene rings is 2. The van der Waals surface area contributed by atoms with Gasteiger partial charge < -0.3 is 15.0 Å². The smallest absolute Gasteiger partial charge is 0.229 e. The SMILES string of the molecule is Cc1ncn(-c2cc(Oc3ccc(NC(=O)C4CC(=O)N(c5ccc(F)cc5)C4)cc3)ncn2)c1C. The molecule has 1 fully saturated rings. The summed E-state index contributed by atoms with van der Waals surface area (Å²) in [5.74, 6) is 0.234. The first-order valence-corrected chi connectivity index (χ1v) is 11.3. The third-order valence-electron chi connectivity index (χ3n) is 6.10. The Balaban J connectivity index is 1.21. The predicted octanol–water partition coefficient (Wildman–Crippen LogP) is 4.20. The van der Waals surface area contributed by atoms with E-state index < -0.39 is 5.92 Å². The van der Waals surface area contributed by atoms with E-state index in [4.69, 9.17) is 4.74 Å². The predicted molar refractivity (Wildman–Crippen MR) is 131 cm³/mol. The van der Waals surface area contributed by atoms with Crippen LogP contribution in [0.25, 0.3) is 5.82 Å². The zero-order chi connectivity index (χ0) is 25.2. The van der Waals surface area contributed by atoms with E-state index in [1.165, 1.54) is 35.5 Å². The highest BCUT2D eigenvalue weighted by Crippen LogP contribution is 2.27. The quantitative estimate of drug-likeness (QED) is 0.438. The molecule has 0 bridgehead atoms. The molecule has 182 valence electrons. The maximum Gasteiger partial charge on any atom is 0.229 e. The average molecular weight is 487 g/mol. The van der Waals surface area contributed by atoms with E-state index in [-0.39, 0.29) is 30.6 Å². The molecule has 2 aromatic heterocycles. The number of carbonyl (C=O) groups excluding carboxylic acids is 2. The molecule has 2 aromatic carbocycles. The van der Waals surface area contributed by atoms with Gasteiger partial charge in [-0.05, 0) is 62.4 Å². The second-order valence-corrected chi connectivity index (χ2v) is 8.50. The van der Waals surface area contributed by atoms with E-state index in [2.05, 4.69) is 20.3 Å². The monoisotopic (exact) mass is 486 g/mol. The number of nitrogens with zero attached hydrogens (tertiary/aromatic N) is 5. The van der Waals surface area contributed by atoms with E-state index >= 15 is 0 Å². The Labute approximate surface area is 206 Å². The zero-order valence-electron chi connectivity index (χ0n) is 19.7. The molecule has 36 heavy (non-hydrogen) atoms. The molecule has 0 spiro atoms. The molecule has 1 atom stereocenters. The van der Waals surface area contributed by atoms with Gasteiger partial charge in [-0.25, -0.2) is 19.3 Å². The molecule has 1 aliphatic heterocycles. The number of rotatable bonds is 6. The highest BCUT2D eigenvalue weighted by atomic mass is 19.1. The number of hydrogen-bond donors (Lipinski definition) is 1. The average Bonchev–Trinajstić information content (AvgIpc) is 3.43. The number of imidazole rings is 1. The summed E-state index contributed by atoms with van der Waals surface area (Å²) in [4.78, 5) is 39.4. The van der Waals surface area contributed by atoms with Gasteiger partial charge in [-0.1, -0.05) is 0 Å². The number of anilines is 2. The minimum atomic E-state index is -0.506. The summed E-state index contributed by atoms with van der Waals surface area (Å²) in [5.41, 5.74) is 3.04. The summed E-state index contributed by atoms with van der Waals surface area (Å²) in [7, 11) is 0. The van der Waals surface area contributed by atoms with Gasteiger partial charge in [-0.15, -0.1) is 0 Å². The fourth-order valence-electron chi connectivity index (χ4n) is 3.97. The van der Waals surface area contributed by atoms with Crippen molar-refractivity contribution in [2.75, 3.05) is 16.8 Å². The molecule has 0 aliphatic carbocycles. The Morgan fingerprint density at radius 1 is 1.06 bits per heavy atom. The third kappa shape index (κ3) is 4.78. The van der Waals surface area contributed by atoms with Crippen LogP contribution in [0.4, 0.5) is 15.8 Å². The second-order valence-electron chi connectivity index (χ2n) is 8.50. The Hall–Kier alpha value is -4.60. The Bertz CT molecular complexity index is 1420. The normalized spacial score (nSPS) is 15.2. The van der Waals surface area contributed by atoms with Gasteiger partial charge in [0.2, 0.25) is 17.7 Å². The molecular weight excluding hydrogens is 463 g/mol. The molecule has 3 heterocycles. The van der Waals surface area contributed by atoms with Crippen LogP contribution in [0.3, 0.4) is 0 Å². The molecule has 2 amide bonds. The van der Waals surface area contributed by atoms with E-state index in [0.717, 1.165) is 11.4 Å². The second kappa shape index (κ2) is 9.57. The molecule has 10 heteroatoms. The van der Waals surface area contributed by atoms with Gasteiger partial charge in [0, 0.05) is 36.1 Å². The van der Waals surface area contributed by atoms with E-state index in [9.17, 15) is 14.0 Å². The maximum absolute atomic E-state index is 13.2. The van der Waals surface area contributed by atoms with Crippen LogP contribution in [-0.2, 0) is 9.59 Å².